The van der Waals surface area contributed by atoms with E-state index in [9.17, 15) is 0 Å². The Hall–Kier alpha value is -0.870. The molecule has 1 heterocycles. The molecule has 2 rings (SSSR count). The van der Waals surface area contributed by atoms with Gasteiger partial charge in [0.15, 0.2) is 0 Å². The maximum Gasteiger partial charge on any atom is 0.0538 e. The highest BCUT2D eigenvalue weighted by Gasteiger charge is 2.28. The Bertz CT molecular complexity index is 366. The summed E-state index contributed by atoms with van der Waals surface area (Å²) in [7, 11) is 1.96. The highest BCUT2D eigenvalue weighted by atomic mass is 15.3. The zero-order valence-electron chi connectivity index (χ0n) is 12.3. The van der Waals surface area contributed by atoms with E-state index in [4.69, 9.17) is 5.84 Å². The smallest absolute Gasteiger partial charge is 0.0538 e. The van der Waals surface area contributed by atoms with Gasteiger partial charge in [-0.05, 0) is 24.7 Å². The number of hydrogen-bond acceptors (Lipinski definition) is 3. The van der Waals surface area contributed by atoms with Crippen LogP contribution in [0.5, 0.6) is 0 Å². The third kappa shape index (κ3) is 3.80. The van der Waals surface area contributed by atoms with Gasteiger partial charge >= 0.3 is 0 Å². The van der Waals surface area contributed by atoms with Crippen LogP contribution >= 0.6 is 0 Å². The summed E-state index contributed by atoms with van der Waals surface area (Å²) in [5.74, 6) is 7.38. The Morgan fingerprint density at radius 2 is 2.16 bits per heavy atom. The van der Waals surface area contributed by atoms with Gasteiger partial charge in [0.25, 0.3) is 0 Å². The van der Waals surface area contributed by atoms with Crippen molar-refractivity contribution in [1.82, 2.24) is 15.2 Å². The molecule has 19 heavy (non-hydrogen) atoms. The zero-order chi connectivity index (χ0) is 13.7. The molecule has 1 aromatic rings. The number of nitrogens with one attached hydrogen (secondary N) is 1. The van der Waals surface area contributed by atoms with Gasteiger partial charge in [-0.1, -0.05) is 39.0 Å². The van der Waals surface area contributed by atoms with Gasteiger partial charge in [0.1, 0.15) is 0 Å². The minimum atomic E-state index is 0.265. The molecular weight excluding hydrogens is 236 g/mol. The molecule has 0 saturated heterocycles. The number of rotatable bonds is 6. The molecule has 108 valence electrons. The van der Waals surface area contributed by atoms with E-state index in [0.717, 1.165) is 5.92 Å². The SMILES string of the molecule is CCCCC1CCC(C(NN)c2cnn(C)c2)CC1. The van der Waals surface area contributed by atoms with Gasteiger partial charge in [0.05, 0.1) is 12.2 Å². The van der Waals surface area contributed by atoms with Crippen molar-refractivity contribution < 1.29 is 0 Å². The van der Waals surface area contributed by atoms with Gasteiger partial charge in [-0.3, -0.25) is 16.0 Å². The predicted octanol–water partition coefficient (Wildman–Crippen LogP) is 2.92. The van der Waals surface area contributed by atoms with E-state index in [1.807, 2.05) is 17.9 Å². The van der Waals surface area contributed by atoms with Gasteiger partial charge in [-0.15, -0.1) is 0 Å². The van der Waals surface area contributed by atoms with E-state index in [2.05, 4.69) is 23.6 Å². The first-order valence-corrected chi connectivity index (χ1v) is 7.69. The fourth-order valence-corrected chi connectivity index (χ4v) is 3.41. The fourth-order valence-electron chi connectivity index (χ4n) is 3.41. The highest BCUT2D eigenvalue weighted by molar-refractivity contribution is 5.11. The normalized spacial score (nSPS) is 25.4. The number of aromatic nitrogens is 2. The molecule has 0 aliphatic heterocycles. The molecule has 1 aromatic heterocycles. The third-order valence-corrected chi connectivity index (χ3v) is 4.59. The van der Waals surface area contributed by atoms with E-state index in [0.29, 0.717) is 5.92 Å². The molecule has 1 aliphatic rings. The molecule has 0 spiro atoms. The molecule has 1 atom stereocenters. The van der Waals surface area contributed by atoms with Crippen molar-refractivity contribution in [2.24, 2.45) is 24.7 Å². The molecule has 0 radical (unpaired) electrons. The molecule has 0 bridgehead atoms. The molecular formula is C15H28N4. The highest BCUT2D eigenvalue weighted by Crippen LogP contribution is 2.38. The van der Waals surface area contributed by atoms with Crippen LogP contribution in [0.1, 0.15) is 63.5 Å². The van der Waals surface area contributed by atoms with Crippen LogP contribution in [0.25, 0.3) is 0 Å². The van der Waals surface area contributed by atoms with Crippen molar-refractivity contribution in [3.63, 3.8) is 0 Å². The van der Waals surface area contributed by atoms with Crippen molar-refractivity contribution in [2.75, 3.05) is 0 Å². The maximum atomic E-state index is 5.77. The lowest BCUT2D eigenvalue weighted by atomic mass is 9.76. The minimum absolute atomic E-state index is 0.265. The lowest BCUT2D eigenvalue weighted by Gasteiger charge is -2.33. The number of hydrazine groups is 1. The lowest BCUT2D eigenvalue weighted by Crippen LogP contribution is -2.35. The van der Waals surface area contributed by atoms with E-state index >= 15 is 0 Å². The summed E-state index contributed by atoms with van der Waals surface area (Å²) in [5.41, 5.74) is 4.23. The van der Waals surface area contributed by atoms with Crippen molar-refractivity contribution in [3.8, 4) is 0 Å². The van der Waals surface area contributed by atoms with E-state index in [-0.39, 0.29) is 6.04 Å². The summed E-state index contributed by atoms with van der Waals surface area (Å²) >= 11 is 0. The van der Waals surface area contributed by atoms with Crippen LogP contribution in [0.2, 0.25) is 0 Å². The average Bonchev–Trinajstić information content (AvgIpc) is 2.85. The number of aryl methyl sites for hydroxylation is 1. The van der Waals surface area contributed by atoms with Crippen molar-refractivity contribution >= 4 is 0 Å². The van der Waals surface area contributed by atoms with Gasteiger partial charge < -0.3 is 0 Å². The summed E-state index contributed by atoms with van der Waals surface area (Å²) < 4.78 is 1.85. The second kappa shape index (κ2) is 7.06. The number of hydrogen-bond donors (Lipinski definition) is 2. The summed E-state index contributed by atoms with van der Waals surface area (Å²) in [5, 5.41) is 4.26. The lowest BCUT2D eigenvalue weighted by molar-refractivity contribution is 0.213. The average molecular weight is 264 g/mol. The Balaban J connectivity index is 1.88. The van der Waals surface area contributed by atoms with Gasteiger partial charge in [-0.25, -0.2) is 0 Å². The topological polar surface area (TPSA) is 55.9 Å². The Morgan fingerprint density at radius 3 is 2.68 bits per heavy atom. The fraction of sp³-hybridized carbons (Fsp3) is 0.800. The summed E-state index contributed by atoms with van der Waals surface area (Å²) in [6.07, 6.45) is 13.4. The molecule has 1 aliphatic carbocycles. The standard InChI is InChI=1S/C15H28N4/c1-3-4-5-12-6-8-13(9-7-12)15(18-16)14-10-17-19(2)11-14/h10-13,15,18H,3-9,16H2,1-2H3. The first-order chi connectivity index (χ1) is 9.24. The largest absolute Gasteiger partial charge is 0.275 e. The Labute approximate surface area is 116 Å². The molecule has 1 fully saturated rings. The van der Waals surface area contributed by atoms with Crippen molar-refractivity contribution in [3.05, 3.63) is 18.0 Å². The van der Waals surface area contributed by atoms with Crippen LogP contribution < -0.4 is 11.3 Å². The number of nitrogens with two attached hydrogens (primary N) is 1. The second-order valence-electron chi connectivity index (χ2n) is 6.01. The number of nitrogens with zero attached hydrogens (tertiary/aromatic N) is 2. The van der Waals surface area contributed by atoms with Gasteiger partial charge in [0, 0.05) is 18.8 Å². The van der Waals surface area contributed by atoms with Gasteiger partial charge in [0.2, 0.25) is 0 Å². The molecule has 4 heteroatoms. The van der Waals surface area contributed by atoms with E-state index < -0.39 is 0 Å². The number of unbranched alkanes of at least 4 members (excludes halogenated alkanes) is 1. The van der Waals surface area contributed by atoms with Crippen LogP contribution in [-0.4, -0.2) is 9.78 Å². The molecule has 3 N–H and O–H groups in total. The Kier molecular flexibility index (Phi) is 5.40. The third-order valence-electron chi connectivity index (χ3n) is 4.59. The molecule has 0 amide bonds. The molecule has 4 nitrogen and oxygen atoms in total. The monoisotopic (exact) mass is 264 g/mol. The van der Waals surface area contributed by atoms with Crippen molar-refractivity contribution in [1.29, 1.82) is 0 Å². The minimum Gasteiger partial charge on any atom is -0.275 e. The van der Waals surface area contributed by atoms with Crippen LogP contribution in [0.3, 0.4) is 0 Å². The van der Waals surface area contributed by atoms with Crippen LogP contribution in [0.4, 0.5) is 0 Å². The first kappa shape index (κ1) is 14.5. The Morgan fingerprint density at radius 1 is 1.42 bits per heavy atom. The molecule has 1 saturated carbocycles. The summed E-state index contributed by atoms with van der Waals surface area (Å²) in [6, 6.07) is 0.265. The van der Waals surface area contributed by atoms with Gasteiger partial charge in [-0.2, -0.15) is 5.10 Å². The van der Waals surface area contributed by atoms with Crippen LogP contribution in [0.15, 0.2) is 12.4 Å². The summed E-state index contributed by atoms with van der Waals surface area (Å²) in [6.45, 7) is 2.28. The predicted molar refractivity (Wildman–Crippen MR) is 78.2 cm³/mol. The van der Waals surface area contributed by atoms with Crippen molar-refractivity contribution in [2.45, 2.75) is 57.9 Å². The first-order valence-electron chi connectivity index (χ1n) is 7.69. The molecule has 0 aromatic carbocycles. The second-order valence-corrected chi connectivity index (χ2v) is 6.01. The summed E-state index contributed by atoms with van der Waals surface area (Å²) in [4.78, 5) is 0. The zero-order valence-corrected chi connectivity index (χ0v) is 12.3. The van der Waals surface area contributed by atoms with E-state index in [1.54, 1.807) is 0 Å². The maximum absolute atomic E-state index is 5.77. The quantitative estimate of drug-likeness (QED) is 0.613. The molecule has 1 unspecified atom stereocenters. The van der Waals surface area contributed by atoms with Crippen LogP contribution in [0, 0.1) is 11.8 Å². The van der Waals surface area contributed by atoms with E-state index in [1.165, 1.54) is 50.5 Å². The van der Waals surface area contributed by atoms with Crippen LogP contribution in [-0.2, 0) is 7.05 Å².